The molecule has 0 saturated carbocycles. The molecule has 96 valence electrons. The van der Waals surface area contributed by atoms with Gasteiger partial charge >= 0.3 is 0 Å². The third-order valence-corrected chi connectivity index (χ3v) is 4.22. The van der Waals surface area contributed by atoms with E-state index in [1.54, 1.807) is 13.8 Å². The Kier molecular flexibility index (Phi) is 2.18. The summed E-state index contributed by atoms with van der Waals surface area (Å²) in [6, 6.07) is 0. The first-order valence-electron chi connectivity index (χ1n) is 6.18. The van der Waals surface area contributed by atoms with Gasteiger partial charge in [0.2, 0.25) is 0 Å². The van der Waals surface area contributed by atoms with E-state index in [9.17, 15) is 19.2 Å². The van der Waals surface area contributed by atoms with Crippen LogP contribution in [0.25, 0.3) is 0 Å². The van der Waals surface area contributed by atoms with E-state index in [-0.39, 0.29) is 35.1 Å². The topological polar surface area (TPSA) is 68.3 Å². The van der Waals surface area contributed by atoms with E-state index in [2.05, 4.69) is 0 Å². The average Bonchev–Trinajstić information content (AvgIpc) is 2.84. The molecular weight excluding hydrogens is 244 g/mol. The number of carbonyl (C=O) groups excluding carboxylic acids is 4. The van der Waals surface area contributed by atoms with Gasteiger partial charge in [-0.25, -0.2) is 0 Å². The smallest absolute Gasteiger partial charge is 0.185 e. The molecule has 0 amide bonds. The molecule has 4 heteroatoms. The van der Waals surface area contributed by atoms with E-state index in [1.807, 2.05) is 0 Å². The largest absolute Gasteiger partial charge is 0.293 e. The number of Topliss-reactive ketones (excluding diaryl/α,β-unsaturated/α-hetero) is 2. The summed E-state index contributed by atoms with van der Waals surface area (Å²) in [7, 11) is 0. The Morgan fingerprint density at radius 1 is 1.00 bits per heavy atom. The molecule has 19 heavy (non-hydrogen) atoms. The van der Waals surface area contributed by atoms with Crippen LogP contribution in [0, 0.1) is 5.41 Å². The van der Waals surface area contributed by atoms with Crippen LogP contribution in [0.5, 0.6) is 0 Å². The quantitative estimate of drug-likeness (QED) is 0.483. The van der Waals surface area contributed by atoms with E-state index in [0.29, 0.717) is 23.1 Å². The molecule has 1 atom stereocenters. The van der Waals surface area contributed by atoms with Crippen LogP contribution < -0.4 is 0 Å². The summed E-state index contributed by atoms with van der Waals surface area (Å²) in [5.41, 5.74) is -0.168. The van der Waals surface area contributed by atoms with Gasteiger partial charge in [0.25, 0.3) is 0 Å². The second-order valence-electron chi connectivity index (χ2n) is 5.30. The van der Waals surface area contributed by atoms with Crippen molar-refractivity contribution in [3.05, 3.63) is 34.4 Å². The van der Waals surface area contributed by atoms with E-state index in [0.717, 1.165) is 0 Å². The Labute approximate surface area is 109 Å². The van der Waals surface area contributed by atoms with Crippen LogP contribution in [0.15, 0.2) is 34.4 Å². The van der Waals surface area contributed by atoms with Crippen molar-refractivity contribution >= 4 is 23.1 Å². The lowest BCUT2D eigenvalue weighted by Gasteiger charge is -2.24. The fourth-order valence-corrected chi connectivity index (χ4v) is 3.29. The van der Waals surface area contributed by atoms with E-state index >= 15 is 0 Å². The van der Waals surface area contributed by atoms with Crippen molar-refractivity contribution in [3.63, 3.8) is 0 Å². The van der Waals surface area contributed by atoms with Crippen LogP contribution in [0.2, 0.25) is 0 Å². The predicted molar refractivity (Wildman–Crippen MR) is 66.2 cm³/mol. The Bertz CT molecular complexity index is 672. The van der Waals surface area contributed by atoms with Crippen molar-refractivity contribution < 1.29 is 19.2 Å². The molecule has 1 spiro atoms. The molecular formula is C15H12O4. The first-order chi connectivity index (χ1) is 8.89. The molecule has 0 N–H and O–H groups in total. The Balaban J connectivity index is 2.23. The van der Waals surface area contributed by atoms with E-state index < -0.39 is 5.41 Å². The van der Waals surface area contributed by atoms with Crippen molar-refractivity contribution in [2.24, 2.45) is 5.41 Å². The number of ketones is 4. The molecule has 4 nitrogen and oxygen atoms in total. The lowest BCUT2D eigenvalue weighted by Crippen LogP contribution is -2.37. The maximum atomic E-state index is 12.3. The molecule has 3 aliphatic rings. The highest BCUT2D eigenvalue weighted by atomic mass is 16.2. The molecule has 3 rings (SSSR count). The second kappa shape index (κ2) is 3.47. The summed E-state index contributed by atoms with van der Waals surface area (Å²) in [5, 5.41) is 0. The summed E-state index contributed by atoms with van der Waals surface area (Å²) >= 11 is 0. The Morgan fingerprint density at radius 2 is 1.68 bits per heavy atom. The molecule has 0 heterocycles. The van der Waals surface area contributed by atoms with Crippen LogP contribution >= 0.6 is 0 Å². The lowest BCUT2D eigenvalue weighted by molar-refractivity contribution is -0.133. The van der Waals surface area contributed by atoms with Gasteiger partial charge in [-0.1, -0.05) is 0 Å². The van der Waals surface area contributed by atoms with Gasteiger partial charge in [0, 0.05) is 16.7 Å². The molecule has 0 aromatic rings. The molecule has 3 aliphatic carbocycles. The normalized spacial score (nSPS) is 30.2. The SMILES string of the molecule is CC1=CC(=O)C2=C(CCC23C(=O)C=C(C)C3=O)C1=O. The van der Waals surface area contributed by atoms with Crippen LogP contribution in [0.4, 0.5) is 0 Å². The van der Waals surface area contributed by atoms with E-state index in [1.165, 1.54) is 12.2 Å². The zero-order valence-corrected chi connectivity index (χ0v) is 10.7. The molecule has 0 radical (unpaired) electrons. The molecule has 0 aromatic carbocycles. The van der Waals surface area contributed by atoms with Gasteiger partial charge < -0.3 is 0 Å². The zero-order chi connectivity index (χ0) is 13.9. The Hall–Kier alpha value is -2.10. The number of carbonyl (C=O) groups is 4. The fraction of sp³-hybridized carbons (Fsp3) is 0.333. The number of hydrogen-bond donors (Lipinski definition) is 0. The van der Waals surface area contributed by atoms with Crippen molar-refractivity contribution in [3.8, 4) is 0 Å². The third-order valence-electron chi connectivity index (χ3n) is 4.22. The Morgan fingerprint density at radius 3 is 2.26 bits per heavy atom. The van der Waals surface area contributed by atoms with Crippen LogP contribution in [-0.4, -0.2) is 23.1 Å². The van der Waals surface area contributed by atoms with Crippen LogP contribution in [-0.2, 0) is 19.2 Å². The molecule has 0 fully saturated rings. The highest BCUT2D eigenvalue weighted by Gasteiger charge is 2.58. The van der Waals surface area contributed by atoms with Gasteiger partial charge in [0.15, 0.2) is 23.1 Å². The first-order valence-corrected chi connectivity index (χ1v) is 6.18. The van der Waals surface area contributed by atoms with Gasteiger partial charge in [-0.2, -0.15) is 0 Å². The van der Waals surface area contributed by atoms with Gasteiger partial charge in [-0.15, -0.1) is 0 Å². The monoisotopic (exact) mass is 256 g/mol. The zero-order valence-electron chi connectivity index (χ0n) is 10.7. The summed E-state index contributed by atoms with van der Waals surface area (Å²) in [6.07, 6.45) is 3.09. The standard InChI is InChI=1S/C15H12O4/c1-7-5-10(16)12-9(13(7)18)3-4-15(12)11(17)6-8(2)14(15)19/h5-6H,3-4H2,1-2H3. The van der Waals surface area contributed by atoms with Crippen molar-refractivity contribution in [2.45, 2.75) is 26.7 Å². The average molecular weight is 256 g/mol. The van der Waals surface area contributed by atoms with Crippen molar-refractivity contribution in [1.82, 2.24) is 0 Å². The molecule has 0 saturated heterocycles. The maximum absolute atomic E-state index is 12.3. The highest BCUT2D eigenvalue weighted by Crippen LogP contribution is 2.51. The minimum atomic E-state index is -1.40. The van der Waals surface area contributed by atoms with Crippen molar-refractivity contribution in [2.75, 3.05) is 0 Å². The molecule has 1 unspecified atom stereocenters. The maximum Gasteiger partial charge on any atom is 0.185 e. The number of fused-ring (bicyclic) bond motifs is 1. The summed E-state index contributed by atoms with van der Waals surface area (Å²) in [5.74, 6) is -1.25. The van der Waals surface area contributed by atoms with Gasteiger partial charge in [-0.3, -0.25) is 19.2 Å². The number of hydrogen-bond acceptors (Lipinski definition) is 4. The van der Waals surface area contributed by atoms with Gasteiger partial charge in [0.05, 0.1) is 0 Å². The van der Waals surface area contributed by atoms with Crippen molar-refractivity contribution in [1.29, 1.82) is 0 Å². The van der Waals surface area contributed by atoms with Crippen LogP contribution in [0.3, 0.4) is 0 Å². The van der Waals surface area contributed by atoms with Gasteiger partial charge in [-0.05, 0) is 44.4 Å². The third kappa shape index (κ3) is 1.23. The minimum absolute atomic E-state index is 0.131. The lowest BCUT2D eigenvalue weighted by atomic mass is 9.73. The second-order valence-corrected chi connectivity index (χ2v) is 5.30. The fourth-order valence-electron chi connectivity index (χ4n) is 3.29. The highest BCUT2D eigenvalue weighted by molar-refractivity contribution is 6.35. The first kappa shape index (κ1) is 12.0. The number of allylic oxidation sites excluding steroid dienone is 6. The summed E-state index contributed by atoms with van der Waals surface area (Å²) in [6.45, 7) is 3.15. The number of rotatable bonds is 0. The van der Waals surface area contributed by atoms with E-state index in [4.69, 9.17) is 0 Å². The van der Waals surface area contributed by atoms with Crippen LogP contribution in [0.1, 0.15) is 26.7 Å². The molecule has 0 bridgehead atoms. The summed E-state index contributed by atoms with van der Waals surface area (Å²) in [4.78, 5) is 48.8. The molecule has 0 aromatic heterocycles. The summed E-state index contributed by atoms with van der Waals surface area (Å²) < 4.78 is 0. The minimum Gasteiger partial charge on any atom is -0.293 e. The predicted octanol–water partition coefficient (Wildman–Crippen LogP) is 1.26. The van der Waals surface area contributed by atoms with Gasteiger partial charge in [0.1, 0.15) is 5.41 Å². The molecule has 0 aliphatic heterocycles.